The van der Waals surface area contributed by atoms with Gasteiger partial charge >= 0.3 is 0 Å². The Hall–Kier alpha value is -2.56. The molecule has 0 saturated heterocycles. The van der Waals surface area contributed by atoms with Crippen molar-refractivity contribution < 1.29 is 19.5 Å². The van der Waals surface area contributed by atoms with Crippen molar-refractivity contribution >= 4 is 11.8 Å². The highest BCUT2D eigenvalue weighted by atomic mass is 16.5. The number of carbonyl (C=O) groups excluding carboxylic acids is 2. The first-order valence-electron chi connectivity index (χ1n) is 7.51. The molecule has 0 heterocycles. The fourth-order valence-corrected chi connectivity index (χ4v) is 1.87. The number of hydrogen-bond donors (Lipinski definition) is 4. The summed E-state index contributed by atoms with van der Waals surface area (Å²) >= 11 is 0. The van der Waals surface area contributed by atoms with Gasteiger partial charge in [-0.15, -0.1) is 5.92 Å². The van der Waals surface area contributed by atoms with Gasteiger partial charge in [0.2, 0.25) is 0 Å². The summed E-state index contributed by atoms with van der Waals surface area (Å²) in [6, 6.07) is 5.31. The minimum atomic E-state index is -1.09. The molecule has 0 bridgehead atoms. The molecule has 0 aliphatic carbocycles. The Labute approximate surface area is 141 Å². The first-order chi connectivity index (χ1) is 11.3. The highest BCUT2D eigenvalue weighted by Gasteiger charge is 2.33. The van der Waals surface area contributed by atoms with E-state index in [1.807, 2.05) is 6.92 Å². The number of ether oxygens (including phenoxy) is 1. The second kappa shape index (κ2) is 8.91. The van der Waals surface area contributed by atoms with Crippen molar-refractivity contribution in [1.29, 1.82) is 0 Å². The minimum Gasteiger partial charge on any atom is -0.481 e. The largest absolute Gasteiger partial charge is 0.481 e. The van der Waals surface area contributed by atoms with Crippen LogP contribution in [0.4, 0.5) is 0 Å². The molecule has 0 fully saturated rings. The van der Waals surface area contributed by atoms with Crippen LogP contribution < -0.4 is 21.3 Å². The van der Waals surface area contributed by atoms with Crippen molar-refractivity contribution in [2.45, 2.75) is 38.8 Å². The molecule has 1 rings (SSSR count). The van der Waals surface area contributed by atoms with Crippen LogP contribution in [-0.4, -0.2) is 35.2 Å². The molecule has 2 amide bonds. The first kappa shape index (κ1) is 19.5. The standard InChI is InChI=1S/C17H23N3O4/c1-4-5-6-11-24-13-9-7-12(8-10-13)15(21)19-14(16(22)20-23)17(2,3)18/h7-10,14,23H,4,11,18H2,1-3H3,(H,19,21)(H,20,22). The Bertz CT molecular complexity index is 624. The molecule has 0 aliphatic rings. The number of carbonyl (C=O) groups is 2. The molecule has 24 heavy (non-hydrogen) atoms. The second-order valence-corrected chi connectivity index (χ2v) is 5.72. The molecule has 0 saturated carbocycles. The van der Waals surface area contributed by atoms with Crippen LogP contribution in [0, 0.1) is 11.8 Å². The quantitative estimate of drug-likeness (QED) is 0.350. The molecule has 130 valence electrons. The maximum Gasteiger partial charge on any atom is 0.267 e. The fraction of sp³-hybridized carbons (Fsp3) is 0.412. The van der Waals surface area contributed by atoms with E-state index in [1.54, 1.807) is 38.1 Å². The van der Waals surface area contributed by atoms with Crippen LogP contribution in [0.3, 0.4) is 0 Å². The zero-order valence-corrected chi connectivity index (χ0v) is 14.1. The van der Waals surface area contributed by atoms with Gasteiger partial charge in [-0.1, -0.05) is 12.8 Å². The fourth-order valence-electron chi connectivity index (χ4n) is 1.87. The zero-order valence-electron chi connectivity index (χ0n) is 14.1. The van der Waals surface area contributed by atoms with E-state index in [2.05, 4.69) is 17.2 Å². The van der Waals surface area contributed by atoms with Crippen LogP contribution in [0.2, 0.25) is 0 Å². The Morgan fingerprint density at radius 1 is 1.29 bits per heavy atom. The Kier molecular flexibility index (Phi) is 7.24. The van der Waals surface area contributed by atoms with E-state index in [1.165, 1.54) is 5.48 Å². The van der Waals surface area contributed by atoms with Gasteiger partial charge in [0.25, 0.3) is 11.8 Å². The van der Waals surface area contributed by atoms with Gasteiger partial charge in [0.15, 0.2) is 0 Å². The van der Waals surface area contributed by atoms with Gasteiger partial charge in [-0.3, -0.25) is 14.8 Å². The van der Waals surface area contributed by atoms with Crippen LogP contribution in [0.25, 0.3) is 0 Å². The lowest BCUT2D eigenvalue weighted by atomic mass is 9.95. The Balaban J connectivity index is 2.75. The first-order valence-corrected chi connectivity index (χ1v) is 7.51. The Morgan fingerprint density at radius 2 is 1.92 bits per heavy atom. The number of hydroxylamine groups is 1. The summed E-state index contributed by atoms with van der Waals surface area (Å²) in [6.07, 6.45) is 0.766. The van der Waals surface area contributed by atoms with Crippen LogP contribution in [0.15, 0.2) is 24.3 Å². The summed E-state index contributed by atoms with van der Waals surface area (Å²) in [7, 11) is 0. The summed E-state index contributed by atoms with van der Waals surface area (Å²) in [6.45, 7) is 5.37. The minimum absolute atomic E-state index is 0.277. The van der Waals surface area contributed by atoms with Crippen molar-refractivity contribution in [2.24, 2.45) is 5.73 Å². The molecule has 1 atom stereocenters. The summed E-state index contributed by atoms with van der Waals surface area (Å²) in [5.74, 6) is 5.05. The van der Waals surface area contributed by atoms with Crippen LogP contribution in [-0.2, 0) is 4.79 Å². The molecular weight excluding hydrogens is 310 g/mol. The average Bonchev–Trinajstić information content (AvgIpc) is 2.55. The van der Waals surface area contributed by atoms with E-state index in [4.69, 9.17) is 15.7 Å². The van der Waals surface area contributed by atoms with Gasteiger partial charge in [-0.25, -0.2) is 5.48 Å². The van der Waals surface area contributed by atoms with Gasteiger partial charge < -0.3 is 15.8 Å². The molecule has 1 aromatic rings. The summed E-state index contributed by atoms with van der Waals surface area (Å²) < 4.78 is 5.41. The number of benzene rings is 1. The van der Waals surface area contributed by atoms with Gasteiger partial charge in [0.05, 0.1) is 0 Å². The van der Waals surface area contributed by atoms with Gasteiger partial charge in [0.1, 0.15) is 18.4 Å². The lowest BCUT2D eigenvalue weighted by Crippen LogP contribution is -2.61. The average molecular weight is 333 g/mol. The normalized spacial score (nSPS) is 11.7. The van der Waals surface area contributed by atoms with Crippen molar-refractivity contribution in [2.75, 3.05) is 6.61 Å². The highest BCUT2D eigenvalue weighted by molar-refractivity contribution is 5.97. The van der Waals surface area contributed by atoms with E-state index >= 15 is 0 Å². The molecule has 0 aromatic heterocycles. The molecular formula is C17H23N3O4. The van der Waals surface area contributed by atoms with E-state index < -0.39 is 23.4 Å². The maximum atomic E-state index is 12.2. The van der Waals surface area contributed by atoms with Crippen molar-refractivity contribution in [1.82, 2.24) is 10.8 Å². The molecule has 0 aliphatic heterocycles. The third-order valence-corrected chi connectivity index (χ3v) is 3.12. The number of amides is 2. The number of rotatable bonds is 6. The predicted molar refractivity (Wildman–Crippen MR) is 89.5 cm³/mol. The third kappa shape index (κ3) is 5.91. The SMILES string of the molecule is CCC#CCOc1ccc(C(=O)NC(C(=O)NO)C(C)(C)N)cc1. The number of nitrogens with two attached hydrogens (primary N) is 1. The van der Waals surface area contributed by atoms with E-state index in [0.29, 0.717) is 11.3 Å². The summed E-state index contributed by atoms with van der Waals surface area (Å²) in [5.41, 5.74) is 6.65. The van der Waals surface area contributed by atoms with Gasteiger partial charge in [0, 0.05) is 17.5 Å². The predicted octanol–water partition coefficient (Wildman–Crippen LogP) is 0.820. The summed E-state index contributed by atoms with van der Waals surface area (Å²) in [4.78, 5) is 23.9. The summed E-state index contributed by atoms with van der Waals surface area (Å²) in [5, 5.41) is 11.3. The highest BCUT2D eigenvalue weighted by Crippen LogP contribution is 2.13. The molecule has 0 radical (unpaired) electrons. The number of nitrogens with one attached hydrogen (secondary N) is 2. The second-order valence-electron chi connectivity index (χ2n) is 5.72. The monoisotopic (exact) mass is 333 g/mol. The van der Waals surface area contributed by atoms with Crippen molar-refractivity contribution in [3.63, 3.8) is 0 Å². The smallest absolute Gasteiger partial charge is 0.267 e. The lowest BCUT2D eigenvalue weighted by molar-refractivity contribution is -0.132. The lowest BCUT2D eigenvalue weighted by Gasteiger charge is -2.29. The van der Waals surface area contributed by atoms with Crippen molar-refractivity contribution in [3.8, 4) is 17.6 Å². The van der Waals surface area contributed by atoms with E-state index in [9.17, 15) is 9.59 Å². The molecule has 5 N–H and O–H groups in total. The van der Waals surface area contributed by atoms with Crippen LogP contribution in [0.1, 0.15) is 37.6 Å². The zero-order chi connectivity index (χ0) is 18.2. The molecule has 1 unspecified atom stereocenters. The molecule has 7 nitrogen and oxygen atoms in total. The topological polar surface area (TPSA) is 114 Å². The molecule has 0 spiro atoms. The number of hydrogen-bond acceptors (Lipinski definition) is 5. The van der Waals surface area contributed by atoms with Crippen LogP contribution in [0.5, 0.6) is 5.75 Å². The maximum absolute atomic E-state index is 12.2. The van der Waals surface area contributed by atoms with Crippen molar-refractivity contribution in [3.05, 3.63) is 29.8 Å². The third-order valence-electron chi connectivity index (χ3n) is 3.12. The molecule has 1 aromatic carbocycles. The Morgan fingerprint density at radius 3 is 2.42 bits per heavy atom. The van der Waals surface area contributed by atoms with Gasteiger partial charge in [-0.2, -0.15) is 0 Å². The van der Waals surface area contributed by atoms with Crippen LogP contribution >= 0.6 is 0 Å². The van der Waals surface area contributed by atoms with E-state index in [-0.39, 0.29) is 6.61 Å². The molecule has 7 heteroatoms. The van der Waals surface area contributed by atoms with Gasteiger partial charge in [-0.05, 0) is 38.1 Å². The van der Waals surface area contributed by atoms with E-state index in [0.717, 1.165) is 6.42 Å².